The number of nitrogens with one attached hydrogen (secondary N) is 2. The lowest BCUT2D eigenvalue weighted by Crippen LogP contribution is -2.54. The number of likely N-dealkylation sites (tertiary alicyclic amines) is 1. The highest BCUT2D eigenvalue weighted by Gasteiger charge is 2.44. The highest BCUT2D eigenvalue weighted by molar-refractivity contribution is 7.90. The largest absolute Gasteiger partial charge is 0.412 e. The smallest absolute Gasteiger partial charge is 0.410 e. The van der Waals surface area contributed by atoms with Crippen LogP contribution < -0.4 is 14.8 Å². The third-order valence-corrected chi connectivity index (χ3v) is 16.2. The van der Waals surface area contributed by atoms with Gasteiger partial charge in [-0.3, -0.25) is 33.6 Å². The molecule has 1 aromatic carbocycles. The summed E-state index contributed by atoms with van der Waals surface area (Å²) in [6.07, 6.45) is 4.70. The Morgan fingerprint density at radius 1 is 0.812 bits per heavy atom. The Balaban J connectivity index is 1.80. The SMILES string of the molecule is CCCCCCNC(=O)Oc1ccc(C[C@H](CC(=O)[C@H](C)[C@@H](OC)[C@@H]2CCCN2C(=O)C[C@@H](OC)[C@H]([C@@H](C)CC)N(C)C(=O)[C@@H](CC(=O)[C@H](C(C)C)N(C)C)C(C)C)C(=O)NS(=O)(=O)C2CC2)cc1. The molecule has 0 aromatic heterocycles. The molecule has 16 nitrogen and oxygen atoms in total. The first-order valence-corrected chi connectivity index (χ1v) is 27.0. The molecule has 2 N–H and O–H groups in total. The second-order valence-electron chi connectivity index (χ2n) is 20.6. The van der Waals surface area contributed by atoms with Crippen molar-refractivity contribution in [2.75, 3.05) is 48.5 Å². The lowest BCUT2D eigenvalue weighted by molar-refractivity contribution is -0.149. The monoisotopic (exact) mass is 990 g/mol. The number of ether oxygens (including phenoxy) is 3. The average Bonchev–Trinajstić information content (AvgIpc) is 4.06. The number of rotatable bonds is 31. The summed E-state index contributed by atoms with van der Waals surface area (Å²) < 4.78 is 45.6. The molecule has 1 aliphatic heterocycles. The molecule has 1 aliphatic carbocycles. The molecule has 69 heavy (non-hydrogen) atoms. The number of likely N-dealkylation sites (N-methyl/N-ethyl adjacent to an activating group) is 2. The van der Waals surface area contributed by atoms with Crippen molar-refractivity contribution in [3.05, 3.63) is 29.8 Å². The number of carbonyl (C=O) groups excluding carboxylic acids is 6. The molecule has 392 valence electrons. The Morgan fingerprint density at radius 3 is 2.00 bits per heavy atom. The van der Waals surface area contributed by atoms with E-state index in [9.17, 15) is 37.2 Å². The summed E-state index contributed by atoms with van der Waals surface area (Å²) in [6.45, 7) is 16.7. The summed E-state index contributed by atoms with van der Waals surface area (Å²) in [5.74, 6) is -3.67. The van der Waals surface area contributed by atoms with Crippen molar-refractivity contribution in [2.45, 2.75) is 174 Å². The van der Waals surface area contributed by atoms with E-state index in [2.05, 4.69) is 17.0 Å². The van der Waals surface area contributed by atoms with Gasteiger partial charge in [0.25, 0.3) is 0 Å². The molecule has 2 fully saturated rings. The molecule has 1 saturated heterocycles. The maximum absolute atomic E-state index is 14.5. The third kappa shape index (κ3) is 17.4. The van der Waals surface area contributed by atoms with Gasteiger partial charge in [0, 0.05) is 65.0 Å². The number of sulfonamides is 1. The standard InChI is InChI=1S/C52H87N5O11S/c1-14-16-17-18-27-53-52(63)68-39-23-21-37(22-24-39)29-38(50(61)54-69(64,65)40-25-26-40)30-43(58)36(8)49(67-13)42-20-19-28-57(42)46(60)32-45(66-12)48(35(7)15-2)56(11)51(62)41(33(3)4)31-44(59)47(34(5)6)55(9)10/h21-24,33-36,38,40-42,45,47-49H,14-20,25-32H2,1-13H3,(H,53,63)(H,54,61)/t35-,36-,38+,41-,42-,45+,47-,48-,49+/m0/s1. The third-order valence-electron chi connectivity index (χ3n) is 14.4. The number of hydrogen-bond acceptors (Lipinski definition) is 12. The van der Waals surface area contributed by atoms with Crippen LogP contribution in [0.4, 0.5) is 4.79 Å². The summed E-state index contributed by atoms with van der Waals surface area (Å²) in [4.78, 5) is 88.3. The van der Waals surface area contributed by atoms with Crippen molar-refractivity contribution in [1.82, 2.24) is 24.7 Å². The molecule has 0 unspecified atom stereocenters. The number of hydrogen-bond donors (Lipinski definition) is 2. The number of nitrogens with zero attached hydrogens (tertiary/aromatic N) is 3. The zero-order chi connectivity index (χ0) is 51.7. The topological polar surface area (TPSA) is 198 Å². The van der Waals surface area contributed by atoms with Gasteiger partial charge < -0.3 is 29.3 Å². The minimum Gasteiger partial charge on any atom is -0.410 e. The van der Waals surface area contributed by atoms with Gasteiger partial charge in [-0.05, 0) is 88.1 Å². The van der Waals surface area contributed by atoms with Crippen LogP contribution in [0.25, 0.3) is 0 Å². The van der Waals surface area contributed by atoms with Crippen molar-refractivity contribution in [3.63, 3.8) is 0 Å². The van der Waals surface area contributed by atoms with E-state index in [4.69, 9.17) is 14.2 Å². The number of ketones is 2. The highest BCUT2D eigenvalue weighted by Crippen LogP contribution is 2.33. The van der Waals surface area contributed by atoms with Crippen LogP contribution in [0.3, 0.4) is 0 Å². The minimum atomic E-state index is -3.91. The molecular weight excluding hydrogens is 903 g/mol. The number of amides is 4. The lowest BCUT2D eigenvalue weighted by atomic mass is 9.83. The first kappa shape index (κ1) is 59.4. The van der Waals surface area contributed by atoms with E-state index >= 15 is 0 Å². The number of unbranched alkanes of at least 4 members (excludes halogenated alkanes) is 3. The Hall–Kier alpha value is -3.93. The summed E-state index contributed by atoms with van der Waals surface area (Å²) in [5.41, 5.74) is 0.635. The molecule has 1 heterocycles. The summed E-state index contributed by atoms with van der Waals surface area (Å²) in [6, 6.07) is 5.25. The van der Waals surface area contributed by atoms with Gasteiger partial charge in [-0.1, -0.05) is 93.2 Å². The van der Waals surface area contributed by atoms with Gasteiger partial charge in [-0.25, -0.2) is 13.2 Å². The Morgan fingerprint density at radius 2 is 1.46 bits per heavy atom. The zero-order valence-corrected chi connectivity index (χ0v) is 44.9. The molecule has 17 heteroatoms. The predicted octanol–water partition coefficient (Wildman–Crippen LogP) is 6.82. The maximum Gasteiger partial charge on any atom is 0.412 e. The van der Waals surface area contributed by atoms with Gasteiger partial charge in [0.2, 0.25) is 27.7 Å². The quantitative estimate of drug-likeness (QED) is 0.0738. The number of benzene rings is 1. The van der Waals surface area contributed by atoms with Gasteiger partial charge in [-0.2, -0.15) is 0 Å². The summed E-state index contributed by atoms with van der Waals surface area (Å²) in [7, 11) is 4.62. The van der Waals surface area contributed by atoms with Crippen molar-refractivity contribution < 1.29 is 51.4 Å². The van der Waals surface area contributed by atoms with Crippen molar-refractivity contribution in [3.8, 4) is 5.75 Å². The van der Waals surface area contributed by atoms with E-state index < -0.39 is 69.3 Å². The molecule has 2 aliphatic rings. The lowest BCUT2D eigenvalue weighted by Gasteiger charge is -2.41. The molecule has 0 bridgehead atoms. The van der Waals surface area contributed by atoms with Crippen LogP contribution in [0, 0.1) is 35.5 Å². The second kappa shape index (κ2) is 28.2. The van der Waals surface area contributed by atoms with Gasteiger partial charge in [-0.15, -0.1) is 0 Å². The van der Waals surface area contributed by atoms with E-state index in [1.54, 1.807) is 55.1 Å². The van der Waals surface area contributed by atoms with Crippen molar-refractivity contribution in [1.29, 1.82) is 0 Å². The van der Waals surface area contributed by atoms with E-state index in [0.29, 0.717) is 56.5 Å². The van der Waals surface area contributed by atoms with E-state index in [-0.39, 0.29) is 72.9 Å². The second-order valence-corrected chi connectivity index (χ2v) is 22.5. The first-order chi connectivity index (χ1) is 32.5. The van der Waals surface area contributed by atoms with E-state index in [0.717, 1.165) is 25.7 Å². The Kier molecular flexibility index (Phi) is 24.3. The van der Waals surface area contributed by atoms with Crippen LogP contribution >= 0.6 is 0 Å². The van der Waals surface area contributed by atoms with E-state index in [1.165, 1.54) is 7.11 Å². The first-order valence-electron chi connectivity index (χ1n) is 25.5. The fourth-order valence-electron chi connectivity index (χ4n) is 10.0. The van der Waals surface area contributed by atoms with Crippen molar-refractivity contribution >= 4 is 45.4 Å². The summed E-state index contributed by atoms with van der Waals surface area (Å²) in [5, 5.41) is 2.10. The highest BCUT2D eigenvalue weighted by atomic mass is 32.2. The number of methoxy groups -OCH3 is 2. The van der Waals surface area contributed by atoms with Crippen LogP contribution in [-0.4, -0.2) is 143 Å². The van der Waals surface area contributed by atoms with Crippen LogP contribution in [-0.2, 0) is 49.9 Å². The normalized spacial score (nSPS) is 18.8. The van der Waals surface area contributed by atoms with Gasteiger partial charge in [0.15, 0.2) is 5.78 Å². The van der Waals surface area contributed by atoms with Gasteiger partial charge >= 0.3 is 6.09 Å². The molecule has 0 spiro atoms. The Bertz CT molecular complexity index is 1930. The number of Topliss-reactive ketones (excluding diaryl/α,β-unsaturated/α-hetero) is 2. The molecule has 1 aromatic rings. The Labute approximate surface area is 414 Å². The molecule has 1 saturated carbocycles. The molecule has 9 atom stereocenters. The van der Waals surface area contributed by atoms with Crippen LogP contribution in [0.15, 0.2) is 24.3 Å². The van der Waals surface area contributed by atoms with Crippen LogP contribution in [0.5, 0.6) is 5.75 Å². The number of carbonyl (C=O) groups is 6. The fourth-order valence-corrected chi connectivity index (χ4v) is 11.4. The van der Waals surface area contributed by atoms with Crippen molar-refractivity contribution in [2.24, 2.45) is 35.5 Å². The van der Waals surface area contributed by atoms with Crippen LogP contribution in [0.2, 0.25) is 0 Å². The molecule has 4 amide bonds. The zero-order valence-electron chi connectivity index (χ0n) is 44.1. The fraction of sp³-hybridized carbons (Fsp3) is 0.769. The molecule has 0 radical (unpaired) electrons. The van der Waals surface area contributed by atoms with Gasteiger partial charge in [0.05, 0.1) is 42.0 Å². The van der Waals surface area contributed by atoms with Crippen LogP contribution in [0.1, 0.15) is 138 Å². The van der Waals surface area contributed by atoms with Gasteiger partial charge in [0.1, 0.15) is 11.5 Å². The van der Waals surface area contributed by atoms with E-state index in [1.807, 2.05) is 60.5 Å². The molecule has 3 rings (SSSR count). The summed E-state index contributed by atoms with van der Waals surface area (Å²) >= 11 is 0. The maximum atomic E-state index is 14.5. The molecular formula is C52H87N5O11S. The minimum absolute atomic E-state index is 0.0157. The average molecular weight is 990 g/mol. The predicted molar refractivity (Wildman–Crippen MR) is 268 cm³/mol.